The summed E-state index contributed by atoms with van der Waals surface area (Å²) in [4.78, 5) is 3.63. The number of fused-ring (bicyclic) bond motifs is 7. The van der Waals surface area contributed by atoms with Gasteiger partial charge in [0.25, 0.3) is 10.0 Å². The summed E-state index contributed by atoms with van der Waals surface area (Å²) in [6.07, 6.45) is 4.67. The number of hydrogen-bond acceptors (Lipinski definition) is 4. The number of hydrogen-bond donors (Lipinski definition) is 1. The third-order valence-electron chi connectivity index (χ3n) is 6.97. The quantitative estimate of drug-likeness (QED) is 0.430. The van der Waals surface area contributed by atoms with E-state index in [4.69, 9.17) is 11.3 Å². The molecule has 0 spiro atoms. The molecule has 4 aromatic rings. The van der Waals surface area contributed by atoms with Crippen LogP contribution >= 0.6 is 12.4 Å². The summed E-state index contributed by atoms with van der Waals surface area (Å²) in [5.74, 6) is 0.548. The Morgan fingerprint density at radius 1 is 1.18 bits per heavy atom. The van der Waals surface area contributed by atoms with E-state index in [0.717, 1.165) is 35.6 Å². The molecule has 2 aliphatic rings. The highest BCUT2D eigenvalue weighted by Gasteiger charge is 2.37. The molecular formula is C24H23ClN4O3S. The Morgan fingerprint density at radius 3 is 2.76 bits per heavy atom. The van der Waals surface area contributed by atoms with Gasteiger partial charge in [-0.2, -0.15) is 0 Å². The molecule has 2 aromatic carbocycles. The Bertz CT molecular complexity index is 1580. The van der Waals surface area contributed by atoms with Gasteiger partial charge in [0.15, 0.2) is 5.69 Å². The molecule has 0 saturated carbocycles. The van der Waals surface area contributed by atoms with E-state index in [0.29, 0.717) is 23.0 Å². The molecule has 1 N–H and O–H groups in total. The van der Waals surface area contributed by atoms with Crippen molar-refractivity contribution < 1.29 is 13.2 Å². The number of nitrogens with zero attached hydrogens (tertiary/aromatic N) is 3. The van der Waals surface area contributed by atoms with Crippen molar-refractivity contribution in [1.29, 1.82) is 0 Å². The molecular weight excluding hydrogens is 460 g/mol. The van der Waals surface area contributed by atoms with Gasteiger partial charge in [0.1, 0.15) is 5.75 Å². The van der Waals surface area contributed by atoms with E-state index in [9.17, 15) is 8.42 Å². The SMILES string of the molecule is Cl.[C-]#[N+]c1ccc2ccn(S(=O)(=O)c3cc(OC)c4c(c3)c3c(n4C)CC4CCC3N4)c2c1. The lowest BCUT2D eigenvalue weighted by atomic mass is 9.99. The van der Waals surface area contributed by atoms with Gasteiger partial charge in [-0.3, -0.25) is 0 Å². The second-order valence-corrected chi connectivity index (χ2v) is 10.4. The summed E-state index contributed by atoms with van der Waals surface area (Å²) in [5.41, 5.74) is 4.28. The van der Waals surface area contributed by atoms with Crippen LogP contribution in [0.2, 0.25) is 0 Å². The first-order valence-electron chi connectivity index (χ1n) is 10.6. The molecule has 4 heterocycles. The molecule has 170 valence electrons. The standard InChI is InChI=1S/C24H22N4O3S.ClH/c1-25-15-5-4-14-8-9-28(20(14)10-15)32(29,30)17-12-18-23-19-7-6-16(26-19)11-21(23)27(2)24(18)22(13-17)31-3;/h4-5,8-10,12-13,16,19,26H,6-7,11H2,2-3H3;1H. The highest BCUT2D eigenvalue weighted by atomic mass is 35.5. The molecule has 2 aromatic heterocycles. The summed E-state index contributed by atoms with van der Waals surface area (Å²) >= 11 is 0. The predicted octanol–water partition coefficient (Wildman–Crippen LogP) is 4.70. The summed E-state index contributed by atoms with van der Waals surface area (Å²) in [6.45, 7) is 7.28. The van der Waals surface area contributed by atoms with Crippen molar-refractivity contribution in [2.24, 2.45) is 7.05 Å². The first-order chi connectivity index (χ1) is 15.4. The van der Waals surface area contributed by atoms with E-state index < -0.39 is 10.0 Å². The maximum Gasteiger partial charge on any atom is 0.268 e. The number of rotatable bonds is 3. The van der Waals surface area contributed by atoms with Crippen LogP contribution in [0.4, 0.5) is 5.69 Å². The Balaban J connectivity index is 0.00000228. The first kappa shape index (κ1) is 21.8. The fraction of sp³-hybridized carbons (Fsp3) is 0.292. The Hall–Kier alpha value is -2.99. The summed E-state index contributed by atoms with van der Waals surface area (Å²) < 4.78 is 36.6. The zero-order valence-corrected chi connectivity index (χ0v) is 19.8. The van der Waals surface area contributed by atoms with Gasteiger partial charge in [-0.05, 0) is 42.0 Å². The van der Waals surface area contributed by atoms with Gasteiger partial charge < -0.3 is 14.6 Å². The first-order valence-corrected chi connectivity index (χ1v) is 12.1. The molecule has 1 fully saturated rings. The van der Waals surface area contributed by atoms with E-state index in [2.05, 4.69) is 14.7 Å². The van der Waals surface area contributed by atoms with Gasteiger partial charge in [0.2, 0.25) is 0 Å². The van der Waals surface area contributed by atoms with Crippen molar-refractivity contribution in [3.8, 4) is 5.75 Å². The lowest BCUT2D eigenvalue weighted by Gasteiger charge is -2.23. The van der Waals surface area contributed by atoms with Crippen LogP contribution in [0, 0.1) is 6.57 Å². The van der Waals surface area contributed by atoms with Gasteiger partial charge in [0.05, 0.1) is 29.6 Å². The molecule has 0 amide bonds. The number of halogens is 1. The van der Waals surface area contributed by atoms with Crippen LogP contribution in [0.25, 0.3) is 26.7 Å². The summed E-state index contributed by atoms with van der Waals surface area (Å²) in [7, 11) is -0.285. The van der Waals surface area contributed by atoms with Crippen LogP contribution in [0.1, 0.15) is 30.1 Å². The second kappa shape index (κ2) is 7.52. The molecule has 0 aliphatic carbocycles. The molecule has 2 bridgehead atoms. The van der Waals surface area contributed by atoms with E-state index in [1.807, 2.05) is 7.05 Å². The normalized spacial score (nSPS) is 19.3. The zero-order valence-electron chi connectivity index (χ0n) is 18.2. The van der Waals surface area contributed by atoms with Crippen molar-refractivity contribution in [3.05, 3.63) is 65.3 Å². The smallest absolute Gasteiger partial charge is 0.268 e. The number of benzene rings is 2. The Labute approximate surface area is 198 Å². The average molecular weight is 483 g/mol. The second-order valence-electron chi connectivity index (χ2n) is 8.61. The van der Waals surface area contributed by atoms with E-state index in [1.165, 1.54) is 15.2 Å². The number of aryl methyl sites for hydroxylation is 1. The predicted molar refractivity (Wildman–Crippen MR) is 130 cm³/mol. The van der Waals surface area contributed by atoms with Crippen LogP contribution in [-0.4, -0.2) is 30.1 Å². The molecule has 2 aliphatic heterocycles. The molecule has 9 heteroatoms. The third-order valence-corrected chi connectivity index (χ3v) is 8.63. The monoisotopic (exact) mass is 482 g/mol. The topological polar surface area (TPSA) is 69.6 Å². The Morgan fingerprint density at radius 2 is 2.00 bits per heavy atom. The number of aromatic nitrogens is 2. The third kappa shape index (κ3) is 3.00. The minimum atomic E-state index is -3.90. The summed E-state index contributed by atoms with van der Waals surface area (Å²) in [6, 6.07) is 11.0. The molecule has 33 heavy (non-hydrogen) atoms. The molecule has 0 radical (unpaired) electrons. The van der Waals surface area contributed by atoms with Crippen LogP contribution in [0.5, 0.6) is 5.75 Å². The number of ether oxygens (including phenoxy) is 1. The van der Waals surface area contributed by atoms with E-state index in [-0.39, 0.29) is 23.3 Å². The van der Waals surface area contributed by atoms with Crippen molar-refractivity contribution in [1.82, 2.24) is 13.9 Å². The van der Waals surface area contributed by atoms with Crippen molar-refractivity contribution >= 4 is 49.9 Å². The minimum absolute atomic E-state index is 0. The van der Waals surface area contributed by atoms with Gasteiger partial charge in [-0.25, -0.2) is 17.2 Å². The van der Waals surface area contributed by atoms with Gasteiger partial charge in [-0.15, -0.1) is 12.4 Å². The summed E-state index contributed by atoms with van der Waals surface area (Å²) in [5, 5.41) is 5.37. The van der Waals surface area contributed by atoms with Crippen LogP contribution < -0.4 is 10.1 Å². The van der Waals surface area contributed by atoms with Gasteiger partial charge in [-0.1, -0.05) is 12.1 Å². The molecule has 2 unspecified atom stereocenters. The number of nitrogens with one attached hydrogen (secondary N) is 1. The highest BCUT2D eigenvalue weighted by molar-refractivity contribution is 7.90. The Kier molecular flexibility index (Phi) is 4.98. The highest BCUT2D eigenvalue weighted by Crippen LogP contribution is 2.44. The van der Waals surface area contributed by atoms with Crippen LogP contribution in [-0.2, 0) is 23.5 Å². The average Bonchev–Trinajstić information content (AvgIpc) is 3.48. The maximum absolute atomic E-state index is 13.8. The zero-order chi connectivity index (χ0) is 22.2. The van der Waals surface area contributed by atoms with Gasteiger partial charge in [0, 0.05) is 48.9 Å². The largest absolute Gasteiger partial charge is 0.495 e. The number of methoxy groups -OCH3 is 1. The van der Waals surface area contributed by atoms with Crippen molar-refractivity contribution in [3.63, 3.8) is 0 Å². The molecule has 2 atom stereocenters. The maximum atomic E-state index is 13.8. The lowest BCUT2D eigenvalue weighted by molar-refractivity contribution is 0.416. The van der Waals surface area contributed by atoms with Gasteiger partial charge >= 0.3 is 0 Å². The fourth-order valence-corrected chi connectivity index (χ4v) is 6.86. The van der Waals surface area contributed by atoms with Crippen LogP contribution in [0.3, 0.4) is 0 Å². The minimum Gasteiger partial charge on any atom is -0.495 e. The van der Waals surface area contributed by atoms with E-state index >= 15 is 0 Å². The van der Waals surface area contributed by atoms with E-state index in [1.54, 1.807) is 49.7 Å². The van der Waals surface area contributed by atoms with Crippen molar-refractivity contribution in [2.45, 2.75) is 36.2 Å². The van der Waals surface area contributed by atoms with Crippen molar-refractivity contribution in [2.75, 3.05) is 7.11 Å². The fourth-order valence-electron chi connectivity index (χ4n) is 5.47. The van der Waals surface area contributed by atoms with Crippen LogP contribution in [0.15, 0.2) is 47.5 Å². The lowest BCUT2D eigenvalue weighted by Crippen LogP contribution is -2.32. The molecule has 6 rings (SSSR count). The molecule has 1 saturated heterocycles. The molecule has 7 nitrogen and oxygen atoms in total.